The monoisotopic (exact) mass is 223 g/mol. The molecule has 1 saturated carbocycles. The molecule has 0 radical (unpaired) electrons. The van der Waals surface area contributed by atoms with E-state index in [2.05, 4.69) is 38.2 Å². The largest absolute Gasteiger partial charge is 0.353 e. The van der Waals surface area contributed by atoms with Crippen molar-refractivity contribution in [3.8, 4) is 0 Å². The van der Waals surface area contributed by atoms with Crippen molar-refractivity contribution in [1.82, 2.24) is 5.32 Å². The molecule has 0 aliphatic heterocycles. The number of hydrogen-bond donors (Lipinski definition) is 1. The van der Waals surface area contributed by atoms with E-state index in [-0.39, 0.29) is 5.91 Å². The Balaban J connectivity index is 2.13. The lowest BCUT2D eigenvalue weighted by atomic mass is 10.1. The highest BCUT2D eigenvalue weighted by Crippen LogP contribution is 2.42. The molecule has 1 amide bonds. The first-order chi connectivity index (χ1) is 7.69. The Morgan fingerprint density at radius 3 is 2.81 bits per heavy atom. The summed E-state index contributed by atoms with van der Waals surface area (Å²) in [6, 6.07) is 0.328. The second-order valence-corrected chi connectivity index (χ2v) is 4.88. The molecule has 1 aliphatic carbocycles. The Morgan fingerprint density at radius 2 is 2.19 bits per heavy atom. The fraction of sp³-hybridized carbons (Fsp3) is 0.786. The Hall–Kier alpha value is -0.790. The van der Waals surface area contributed by atoms with E-state index in [1.165, 1.54) is 6.42 Å². The van der Waals surface area contributed by atoms with Crippen molar-refractivity contribution < 1.29 is 4.79 Å². The summed E-state index contributed by atoms with van der Waals surface area (Å²) in [6.45, 7) is 6.32. The van der Waals surface area contributed by atoms with Crippen molar-refractivity contribution >= 4 is 5.91 Å². The van der Waals surface area contributed by atoms with E-state index in [1.807, 2.05) is 0 Å². The highest BCUT2D eigenvalue weighted by molar-refractivity contribution is 5.81. The van der Waals surface area contributed by atoms with Crippen LogP contribution in [0.5, 0.6) is 0 Å². The highest BCUT2D eigenvalue weighted by atomic mass is 16.2. The van der Waals surface area contributed by atoms with E-state index in [9.17, 15) is 4.79 Å². The van der Waals surface area contributed by atoms with Crippen LogP contribution in [0, 0.1) is 11.8 Å². The van der Waals surface area contributed by atoms with Gasteiger partial charge in [-0.25, -0.2) is 0 Å². The first-order valence-electron chi connectivity index (χ1n) is 6.64. The van der Waals surface area contributed by atoms with E-state index >= 15 is 0 Å². The summed E-state index contributed by atoms with van der Waals surface area (Å²) in [7, 11) is 0. The van der Waals surface area contributed by atoms with Crippen LogP contribution < -0.4 is 5.32 Å². The topological polar surface area (TPSA) is 29.1 Å². The summed E-state index contributed by atoms with van der Waals surface area (Å²) in [5, 5.41) is 3.07. The minimum atomic E-state index is 0.277. The molecule has 1 fully saturated rings. The van der Waals surface area contributed by atoms with E-state index < -0.39 is 0 Å². The fourth-order valence-electron chi connectivity index (χ4n) is 1.93. The van der Waals surface area contributed by atoms with Gasteiger partial charge in [-0.1, -0.05) is 26.0 Å². The highest BCUT2D eigenvalue weighted by Gasteiger charge is 2.42. The number of amides is 1. The molecule has 16 heavy (non-hydrogen) atoms. The summed E-state index contributed by atoms with van der Waals surface area (Å²) in [5.74, 6) is 1.23. The molecule has 0 bridgehead atoms. The van der Waals surface area contributed by atoms with Crippen molar-refractivity contribution in [2.45, 2.75) is 58.9 Å². The Bertz CT molecular complexity index is 247. The van der Waals surface area contributed by atoms with Gasteiger partial charge in [0.05, 0.1) is 0 Å². The molecule has 2 heteroatoms. The second-order valence-electron chi connectivity index (χ2n) is 4.88. The normalized spacial score (nSPS) is 25.7. The number of carbonyl (C=O) groups excluding carboxylic acids is 1. The van der Waals surface area contributed by atoms with E-state index in [4.69, 9.17) is 0 Å². The van der Waals surface area contributed by atoms with Crippen LogP contribution in [0.4, 0.5) is 0 Å². The zero-order valence-electron chi connectivity index (χ0n) is 10.8. The van der Waals surface area contributed by atoms with Gasteiger partial charge in [0.1, 0.15) is 0 Å². The molecule has 0 saturated heterocycles. The Kier molecular flexibility index (Phi) is 5.58. The molecular weight excluding hydrogens is 198 g/mol. The third-order valence-corrected chi connectivity index (χ3v) is 3.37. The summed E-state index contributed by atoms with van der Waals surface area (Å²) in [5.41, 5.74) is 0. The fourth-order valence-corrected chi connectivity index (χ4v) is 1.93. The van der Waals surface area contributed by atoms with Crippen LogP contribution in [-0.4, -0.2) is 11.9 Å². The number of rotatable bonds is 7. The van der Waals surface area contributed by atoms with Gasteiger partial charge in [0, 0.05) is 12.0 Å². The first kappa shape index (κ1) is 13.3. The SMILES string of the molecule is CC/C=C\CCC1CC1C(=O)NC(C)CC. The lowest BCUT2D eigenvalue weighted by Crippen LogP contribution is -2.33. The maximum atomic E-state index is 11.7. The minimum Gasteiger partial charge on any atom is -0.353 e. The van der Waals surface area contributed by atoms with Crippen LogP contribution in [0.2, 0.25) is 0 Å². The van der Waals surface area contributed by atoms with Crippen LogP contribution in [0.15, 0.2) is 12.2 Å². The third-order valence-electron chi connectivity index (χ3n) is 3.37. The molecule has 0 heterocycles. The van der Waals surface area contributed by atoms with Crippen LogP contribution >= 0.6 is 0 Å². The van der Waals surface area contributed by atoms with Gasteiger partial charge in [0.15, 0.2) is 0 Å². The van der Waals surface area contributed by atoms with Crippen molar-refractivity contribution in [3.05, 3.63) is 12.2 Å². The van der Waals surface area contributed by atoms with Crippen molar-refractivity contribution in [3.63, 3.8) is 0 Å². The van der Waals surface area contributed by atoms with Gasteiger partial charge < -0.3 is 5.32 Å². The molecule has 0 spiro atoms. The van der Waals surface area contributed by atoms with Crippen LogP contribution in [-0.2, 0) is 4.79 Å². The zero-order chi connectivity index (χ0) is 12.0. The van der Waals surface area contributed by atoms with Gasteiger partial charge in [-0.3, -0.25) is 4.79 Å². The van der Waals surface area contributed by atoms with Crippen molar-refractivity contribution in [2.75, 3.05) is 0 Å². The maximum Gasteiger partial charge on any atom is 0.223 e. The van der Waals surface area contributed by atoms with Crippen molar-refractivity contribution in [1.29, 1.82) is 0 Å². The van der Waals surface area contributed by atoms with E-state index in [0.29, 0.717) is 17.9 Å². The minimum absolute atomic E-state index is 0.277. The number of nitrogens with one attached hydrogen (secondary N) is 1. The van der Waals surface area contributed by atoms with Crippen LogP contribution in [0.1, 0.15) is 52.9 Å². The molecule has 1 N–H and O–H groups in total. The Labute approximate surface area is 99.5 Å². The van der Waals surface area contributed by atoms with Gasteiger partial charge in [-0.2, -0.15) is 0 Å². The average molecular weight is 223 g/mol. The summed E-state index contributed by atoms with van der Waals surface area (Å²) < 4.78 is 0. The predicted molar refractivity (Wildman–Crippen MR) is 68.2 cm³/mol. The standard InChI is InChI=1S/C14H25NO/c1-4-6-7-8-9-12-10-13(12)14(16)15-11(3)5-2/h6-7,11-13H,4-5,8-10H2,1-3H3,(H,15,16)/b7-6-. The van der Waals surface area contributed by atoms with E-state index in [1.54, 1.807) is 0 Å². The smallest absolute Gasteiger partial charge is 0.223 e. The number of carbonyl (C=O) groups is 1. The molecule has 1 aliphatic rings. The first-order valence-corrected chi connectivity index (χ1v) is 6.64. The lowest BCUT2D eigenvalue weighted by Gasteiger charge is -2.10. The molecule has 3 unspecified atom stereocenters. The number of hydrogen-bond acceptors (Lipinski definition) is 1. The molecule has 2 nitrogen and oxygen atoms in total. The molecule has 3 atom stereocenters. The van der Waals surface area contributed by atoms with Gasteiger partial charge in [0.2, 0.25) is 5.91 Å². The third kappa shape index (κ3) is 4.38. The van der Waals surface area contributed by atoms with Gasteiger partial charge in [0.25, 0.3) is 0 Å². The molecular formula is C14H25NO. The molecule has 0 aromatic carbocycles. The Morgan fingerprint density at radius 1 is 1.44 bits per heavy atom. The zero-order valence-corrected chi connectivity index (χ0v) is 10.8. The van der Waals surface area contributed by atoms with E-state index in [0.717, 1.165) is 25.7 Å². The molecule has 0 aromatic rings. The summed E-state index contributed by atoms with van der Waals surface area (Å²) >= 11 is 0. The average Bonchev–Trinajstić information content (AvgIpc) is 3.03. The molecule has 92 valence electrons. The predicted octanol–water partition coefficient (Wildman–Crippen LogP) is 3.28. The second kappa shape index (κ2) is 6.72. The summed E-state index contributed by atoms with van der Waals surface area (Å²) in [6.07, 6.45) is 9.98. The molecule has 1 rings (SSSR count). The summed E-state index contributed by atoms with van der Waals surface area (Å²) in [4.78, 5) is 11.7. The quantitative estimate of drug-likeness (QED) is 0.659. The van der Waals surface area contributed by atoms with Crippen LogP contribution in [0.3, 0.4) is 0 Å². The molecule has 0 aromatic heterocycles. The number of allylic oxidation sites excluding steroid dienone is 2. The van der Waals surface area contributed by atoms with Gasteiger partial charge in [-0.15, -0.1) is 0 Å². The maximum absolute atomic E-state index is 11.7. The van der Waals surface area contributed by atoms with Crippen molar-refractivity contribution in [2.24, 2.45) is 11.8 Å². The lowest BCUT2D eigenvalue weighted by molar-refractivity contribution is -0.123. The van der Waals surface area contributed by atoms with Crippen LogP contribution in [0.25, 0.3) is 0 Å². The van der Waals surface area contributed by atoms with Gasteiger partial charge >= 0.3 is 0 Å². The van der Waals surface area contributed by atoms with Gasteiger partial charge in [-0.05, 0) is 44.9 Å².